The smallest absolute Gasteiger partial charge is 0.428 e. The molecular weight excluding hydrogens is 462 g/mol. The van der Waals surface area contributed by atoms with Crippen LogP contribution in [0.5, 0.6) is 5.75 Å². The van der Waals surface area contributed by atoms with E-state index in [0.717, 1.165) is 12.1 Å². The second-order valence-electron chi connectivity index (χ2n) is 8.78. The van der Waals surface area contributed by atoms with Gasteiger partial charge in [-0.05, 0) is 35.1 Å². The summed E-state index contributed by atoms with van der Waals surface area (Å²) in [5, 5.41) is 0. The van der Waals surface area contributed by atoms with Crippen molar-refractivity contribution >= 4 is 10.0 Å². The first-order chi connectivity index (χ1) is 15.3. The molecule has 0 aliphatic rings. The van der Waals surface area contributed by atoms with Crippen LogP contribution in [0.4, 0.5) is 17.6 Å². The molecule has 2 aromatic carbocycles. The zero-order valence-corrected chi connectivity index (χ0v) is 19.5. The number of hydrogen-bond acceptors (Lipinski definition) is 4. The molecule has 1 atom stereocenters. The van der Waals surface area contributed by atoms with Gasteiger partial charge in [0.1, 0.15) is 5.75 Å². The van der Waals surface area contributed by atoms with E-state index in [-0.39, 0.29) is 29.8 Å². The minimum absolute atomic E-state index is 0.0380. The molecule has 0 saturated heterocycles. The van der Waals surface area contributed by atoms with Gasteiger partial charge in [-0.3, -0.25) is 0 Å². The Bertz CT molecular complexity index is 979. The predicted octanol–water partition coefficient (Wildman–Crippen LogP) is 5.38. The van der Waals surface area contributed by atoms with Crippen LogP contribution < -0.4 is 9.46 Å². The summed E-state index contributed by atoms with van der Waals surface area (Å²) in [5.41, 5.74) is 0.767. The van der Waals surface area contributed by atoms with Gasteiger partial charge in [0, 0.05) is 6.61 Å². The van der Waals surface area contributed by atoms with Crippen LogP contribution in [0, 0.1) is 5.41 Å². The molecule has 0 radical (unpaired) electrons. The SMILES string of the molecule is CC(C)(C)COCCCS(=O)(=O)NC(c1ccccc1)c1cccc(OC(F)(F)C(F)F)c1. The van der Waals surface area contributed by atoms with Gasteiger partial charge < -0.3 is 9.47 Å². The van der Waals surface area contributed by atoms with Crippen molar-refractivity contribution in [3.63, 3.8) is 0 Å². The Hall–Kier alpha value is -2.17. The van der Waals surface area contributed by atoms with Crippen LogP contribution in [0.1, 0.15) is 44.4 Å². The van der Waals surface area contributed by atoms with Crippen LogP contribution in [-0.2, 0) is 14.8 Å². The van der Waals surface area contributed by atoms with Crippen molar-refractivity contribution in [3.8, 4) is 5.75 Å². The molecule has 1 unspecified atom stereocenters. The van der Waals surface area contributed by atoms with Crippen LogP contribution in [-0.4, -0.2) is 39.9 Å². The number of nitrogens with one attached hydrogen (secondary N) is 1. The Morgan fingerprint density at radius 1 is 0.970 bits per heavy atom. The normalized spacial score (nSPS) is 13.8. The zero-order valence-electron chi connectivity index (χ0n) is 18.7. The van der Waals surface area contributed by atoms with Crippen molar-refractivity contribution in [1.82, 2.24) is 4.72 Å². The number of hydrogen-bond donors (Lipinski definition) is 1. The molecule has 1 N–H and O–H groups in total. The molecule has 0 saturated carbocycles. The maximum atomic E-state index is 13.3. The van der Waals surface area contributed by atoms with Crippen molar-refractivity contribution in [2.24, 2.45) is 5.41 Å². The maximum absolute atomic E-state index is 13.3. The van der Waals surface area contributed by atoms with Gasteiger partial charge in [0.2, 0.25) is 10.0 Å². The maximum Gasteiger partial charge on any atom is 0.461 e. The highest BCUT2D eigenvalue weighted by Gasteiger charge is 2.44. The average molecular weight is 492 g/mol. The molecule has 0 heterocycles. The number of ether oxygens (including phenoxy) is 2. The highest BCUT2D eigenvalue weighted by Crippen LogP contribution is 2.31. The summed E-state index contributed by atoms with van der Waals surface area (Å²) in [7, 11) is -3.79. The van der Waals surface area contributed by atoms with Gasteiger partial charge in [0.05, 0.1) is 18.4 Å². The lowest BCUT2D eigenvalue weighted by molar-refractivity contribution is -0.253. The van der Waals surface area contributed by atoms with E-state index in [1.807, 2.05) is 20.8 Å². The quantitative estimate of drug-likeness (QED) is 0.320. The Kier molecular flexibility index (Phi) is 9.28. The lowest BCUT2D eigenvalue weighted by atomic mass is 9.99. The summed E-state index contributed by atoms with van der Waals surface area (Å²) in [6, 6.07) is 12.6. The van der Waals surface area contributed by atoms with Gasteiger partial charge in [-0.2, -0.15) is 17.6 Å². The summed E-state index contributed by atoms with van der Waals surface area (Å²) in [6.07, 6.45) is -8.42. The predicted molar refractivity (Wildman–Crippen MR) is 118 cm³/mol. The molecule has 0 aliphatic carbocycles. The van der Waals surface area contributed by atoms with Crippen molar-refractivity contribution in [2.45, 2.75) is 45.8 Å². The Balaban J connectivity index is 2.19. The summed E-state index contributed by atoms with van der Waals surface area (Å²) in [6.45, 7) is 6.77. The van der Waals surface area contributed by atoms with E-state index in [1.54, 1.807) is 30.3 Å². The molecule has 2 aromatic rings. The second-order valence-corrected chi connectivity index (χ2v) is 10.7. The molecule has 0 aromatic heterocycles. The van der Waals surface area contributed by atoms with E-state index in [0.29, 0.717) is 12.2 Å². The third kappa shape index (κ3) is 9.30. The molecule has 2 rings (SSSR count). The molecule has 5 nitrogen and oxygen atoms in total. The third-order valence-electron chi connectivity index (χ3n) is 4.37. The first kappa shape index (κ1) is 27.1. The summed E-state index contributed by atoms with van der Waals surface area (Å²) >= 11 is 0. The molecule has 0 spiro atoms. The van der Waals surface area contributed by atoms with Crippen LogP contribution in [0.3, 0.4) is 0 Å². The number of sulfonamides is 1. The van der Waals surface area contributed by atoms with Gasteiger partial charge in [0.15, 0.2) is 0 Å². The molecule has 10 heteroatoms. The number of alkyl halides is 4. The fraction of sp³-hybridized carbons (Fsp3) is 0.478. The van der Waals surface area contributed by atoms with Crippen LogP contribution in [0.25, 0.3) is 0 Å². The van der Waals surface area contributed by atoms with Crippen molar-refractivity contribution in [3.05, 3.63) is 65.7 Å². The van der Waals surface area contributed by atoms with E-state index in [2.05, 4.69) is 9.46 Å². The molecule has 0 amide bonds. The van der Waals surface area contributed by atoms with Crippen molar-refractivity contribution in [2.75, 3.05) is 19.0 Å². The average Bonchev–Trinajstić information content (AvgIpc) is 2.71. The third-order valence-corrected chi connectivity index (χ3v) is 5.79. The van der Waals surface area contributed by atoms with Crippen molar-refractivity contribution in [1.29, 1.82) is 0 Å². The number of rotatable bonds is 12. The molecule has 184 valence electrons. The summed E-state index contributed by atoms with van der Waals surface area (Å²) in [5.74, 6) is -0.714. The number of halogens is 4. The Morgan fingerprint density at radius 3 is 2.21 bits per heavy atom. The van der Waals surface area contributed by atoms with E-state index in [9.17, 15) is 26.0 Å². The summed E-state index contributed by atoms with van der Waals surface area (Å²) in [4.78, 5) is 0. The molecule has 0 fully saturated rings. The number of benzene rings is 2. The molecule has 0 aliphatic heterocycles. The Labute approximate surface area is 192 Å². The van der Waals surface area contributed by atoms with Crippen LogP contribution in [0.15, 0.2) is 54.6 Å². The first-order valence-electron chi connectivity index (χ1n) is 10.4. The molecule has 0 bridgehead atoms. The monoisotopic (exact) mass is 491 g/mol. The van der Waals surface area contributed by atoms with Gasteiger partial charge in [-0.15, -0.1) is 0 Å². The van der Waals surface area contributed by atoms with Gasteiger partial charge >= 0.3 is 12.5 Å². The lowest BCUT2D eigenvalue weighted by Gasteiger charge is -2.22. The topological polar surface area (TPSA) is 64.6 Å². The van der Waals surface area contributed by atoms with E-state index in [1.165, 1.54) is 12.1 Å². The van der Waals surface area contributed by atoms with E-state index in [4.69, 9.17) is 4.74 Å². The zero-order chi connectivity index (χ0) is 24.7. The largest absolute Gasteiger partial charge is 0.461 e. The first-order valence-corrected chi connectivity index (χ1v) is 12.0. The minimum atomic E-state index is -4.67. The summed E-state index contributed by atoms with van der Waals surface area (Å²) < 4.78 is 89.4. The Morgan fingerprint density at radius 2 is 1.61 bits per heavy atom. The fourth-order valence-corrected chi connectivity index (χ4v) is 4.15. The minimum Gasteiger partial charge on any atom is -0.428 e. The standard InChI is InChI=1S/C23H29F4NO4S/c1-22(2,3)16-31-13-8-14-33(29,30)28-20(17-9-5-4-6-10-17)18-11-7-12-19(15-18)32-23(26,27)21(24)25/h4-7,9-12,15,20-21,28H,8,13-14,16H2,1-3H3. The highest BCUT2D eigenvalue weighted by atomic mass is 32.2. The second kappa shape index (κ2) is 11.3. The van der Waals surface area contributed by atoms with Crippen molar-refractivity contribution < 1.29 is 35.5 Å². The fourth-order valence-electron chi connectivity index (χ4n) is 2.90. The van der Waals surface area contributed by atoms with Crippen LogP contribution in [0.2, 0.25) is 0 Å². The van der Waals surface area contributed by atoms with Gasteiger partial charge in [0.25, 0.3) is 0 Å². The van der Waals surface area contributed by atoms with Gasteiger partial charge in [-0.25, -0.2) is 13.1 Å². The molecular formula is C23H29F4NO4S. The van der Waals surface area contributed by atoms with E-state index >= 15 is 0 Å². The van der Waals surface area contributed by atoms with E-state index < -0.39 is 34.3 Å². The van der Waals surface area contributed by atoms with Gasteiger partial charge in [-0.1, -0.05) is 63.2 Å². The highest BCUT2D eigenvalue weighted by molar-refractivity contribution is 7.89. The molecule has 33 heavy (non-hydrogen) atoms. The van der Waals surface area contributed by atoms with Crippen LogP contribution >= 0.6 is 0 Å². The lowest BCUT2D eigenvalue weighted by Crippen LogP contribution is -2.34.